The summed E-state index contributed by atoms with van der Waals surface area (Å²) in [5.41, 5.74) is 2.85. The number of nitrogens with one attached hydrogen (secondary N) is 2. The third-order valence-electron chi connectivity index (χ3n) is 3.51. The summed E-state index contributed by atoms with van der Waals surface area (Å²) in [7, 11) is 7.12. The van der Waals surface area contributed by atoms with Crippen LogP contribution in [0.3, 0.4) is 0 Å². The van der Waals surface area contributed by atoms with Crippen molar-refractivity contribution >= 4 is 11.9 Å². The van der Waals surface area contributed by atoms with E-state index in [2.05, 4.69) is 20.7 Å². The number of aromatic nitrogens is 2. The van der Waals surface area contributed by atoms with E-state index in [1.54, 1.807) is 30.7 Å². The van der Waals surface area contributed by atoms with Gasteiger partial charge in [-0.1, -0.05) is 12.1 Å². The molecule has 0 spiro atoms. The lowest BCUT2D eigenvalue weighted by molar-refractivity contribution is 0.0827. The van der Waals surface area contributed by atoms with Crippen molar-refractivity contribution in [3.05, 3.63) is 53.3 Å². The van der Waals surface area contributed by atoms with Crippen molar-refractivity contribution in [3.63, 3.8) is 0 Å². The molecule has 24 heavy (non-hydrogen) atoms. The zero-order valence-corrected chi connectivity index (χ0v) is 14.6. The van der Waals surface area contributed by atoms with E-state index in [9.17, 15) is 4.79 Å². The van der Waals surface area contributed by atoms with Gasteiger partial charge in [-0.3, -0.25) is 14.5 Å². The Balaban J connectivity index is 1.85. The van der Waals surface area contributed by atoms with Gasteiger partial charge in [-0.15, -0.1) is 0 Å². The van der Waals surface area contributed by atoms with Crippen LogP contribution in [0.25, 0.3) is 0 Å². The van der Waals surface area contributed by atoms with Crippen LogP contribution in [0.2, 0.25) is 0 Å². The molecule has 1 aromatic carbocycles. The van der Waals surface area contributed by atoms with E-state index < -0.39 is 0 Å². The second kappa shape index (κ2) is 8.14. The van der Waals surface area contributed by atoms with E-state index in [0.717, 1.165) is 11.1 Å². The normalized spacial score (nSPS) is 11.2. The van der Waals surface area contributed by atoms with Gasteiger partial charge in [0.2, 0.25) is 0 Å². The lowest BCUT2D eigenvalue weighted by Crippen LogP contribution is -2.36. The quantitative estimate of drug-likeness (QED) is 0.634. The average Bonchev–Trinajstić information content (AvgIpc) is 3.00. The Hall–Kier alpha value is -2.83. The molecule has 1 amide bonds. The van der Waals surface area contributed by atoms with Gasteiger partial charge in [0.1, 0.15) is 0 Å². The Morgan fingerprint density at radius 3 is 2.29 bits per heavy atom. The molecule has 7 heteroatoms. The smallest absolute Gasteiger partial charge is 0.253 e. The summed E-state index contributed by atoms with van der Waals surface area (Å²) in [5, 5.41) is 10.6. The molecule has 0 aliphatic rings. The number of amides is 1. The van der Waals surface area contributed by atoms with Gasteiger partial charge in [-0.25, -0.2) is 0 Å². The van der Waals surface area contributed by atoms with Gasteiger partial charge in [0.05, 0.1) is 6.20 Å². The number of carbonyl (C=O) groups is 1. The third kappa shape index (κ3) is 4.84. The van der Waals surface area contributed by atoms with Gasteiger partial charge in [0, 0.05) is 58.6 Å². The fraction of sp³-hybridized carbons (Fsp3) is 0.353. The summed E-state index contributed by atoms with van der Waals surface area (Å²) in [6.45, 7) is 1.28. The fourth-order valence-electron chi connectivity index (χ4n) is 2.18. The summed E-state index contributed by atoms with van der Waals surface area (Å²) in [6.07, 6.45) is 3.78. The van der Waals surface area contributed by atoms with Crippen molar-refractivity contribution in [2.24, 2.45) is 12.0 Å². The molecule has 2 N–H and O–H groups in total. The molecule has 0 saturated carbocycles. The minimum atomic E-state index is 0.00320. The van der Waals surface area contributed by atoms with Gasteiger partial charge < -0.3 is 15.5 Å². The number of hydrogen-bond donors (Lipinski definition) is 2. The molecule has 0 saturated heterocycles. The first-order valence-corrected chi connectivity index (χ1v) is 7.72. The molecule has 0 unspecified atom stereocenters. The standard InChI is InChI=1S/C17H24N6O/c1-18-17(20-10-14-11-21-23(4)12-14)19-9-13-5-7-15(8-6-13)16(24)22(2)3/h5-8,11-12H,9-10H2,1-4H3,(H2,18,19,20). The second-order valence-electron chi connectivity index (χ2n) is 5.70. The summed E-state index contributed by atoms with van der Waals surface area (Å²) >= 11 is 0. The first-order chi connectivity index (χ1) is 11.5. The summed E-state index contributed by atoms with van der Waals surface area (Å²) in [4.78, 5) is 17.6. The lowest BCUT2D eigenvalue weighted by atomic mass is 10.1. The SMILES string of the molecule is CN=C(NCc1ccc(C(=O)N(C)C)cc1)NCc1cnn(C)c1. The molecule has 2 aromatic rings. The predicted molar refractivity (Wildman–Crippen MR) is 94.7 cm³/mol. The number of rotatable bonds is 5. The monoisotopic (exact) mass is 328 g/mol. The molecule has 2 rings (SSSR count). The highest BCUT2D eigenvalue weighted by molar-refractivity contribution is 5.93. The van der Waals surface area contributed by atoms with E-state index in [-0.39, 0.29) is 5.91 Å². The van der Waals surface area contributed by atoms with Crippen LogP contribution in [-0.4, -0.2) is 47.7 Å². The van der Waals surface area contributed by atoms with Gasteiger partial charge in [-0.2, -0.15) is 5.10 Å². The third-order valence-corrected chi connectivity index (χ3v) is 3.51. The lowest BCUT2D eigenvalue weighted by Gasteiger charge is -2.12. The molecule has 0 radical (unpaired) electrons. The van der Waals surface area contributed by atoms with E-state index in [4.69, 9.17) is 0 Å². The molecule has 0 fully saturated rings. The van der Waals surface area contributed by atoms with Crippen LogP contribution in [0, 0.1) is 0 Å². The number of aryl methyl sites for hydroxylation is 1. The summed E-state index contributed by atoms with van der Waals surface area (Å²) in [6, 6.07) is 7.56. The fourth-order valence-corrected chi connectivity index (χ4v) is 2.18. The maximum Gasteiger partial charge on any atom is 0.253 e. The van der Waals surface area contributed by atoms with Crippen LogP contribution in [0.1, 0.15) is 21.5 Å². The highest BCUT2D eigenvalue weighted by Crippen LogP contribution is 2.06. The zero-order chi connectivity index (χ0) is 17.5. The molecule has 1 heterocycles. The molecule has 1 aromatic heterocycles. The molecule has 0 aliphatic carbocycles. The van der Waals surface area contributed by atoms with Crippen LogP contribution < -0.4 is 10.6 Å². The number of guanidine groups is 1. The topological polar surface area (TPSA) is 74.6 Å². The van der Waals surface area contributed by atoms with E-state index in [1.807, 2.05) is 43.7 Å². The molecule has 128 valence electrons. The Morgan fingerprint density at radius 1 is 1.17 bits per heavy atom. The molecule has 0 aliphatic heterocycles. The van der Waals surface area contributed by atoms with E-state index in [1.165, 1.54) is 0 Å². The molecule has 0 bridgehead atoms. The van der Waals surface area contributed by atoms with Crippen molar-refractivity contribution in [3.8, 4) is 0 Å². The van der Waals surface area contributed by atoms with Crippen molar-refractivity contribution in [1.82, 2.24) is 25.3 Å². The van der Waals surface area contributed by atoms with Crippen LogP contribution >= 0.6 is 0 Å². The average molecular weight is 328 g/mol. The number of aliphatic imine (C=N–C) groups is 1. The minimum absolute atomic E-state index is 0.00320. The first kappa shape index (κ1) is 17.5. The van der Waals surface area contributed by atoms with Crippen LogP contribution in [0.4, 0.5) is 0 Å². The predicted octanol–water partition coefficient (Wildman–Crippen LogP) is 0.987. The van der Waals surface area contributed by atoms with Crippen molar-refractivity contribution in [2.45, 2.75) is 13.1 Å². The van der Waals surface area contributed by atoms with Crippen molar-refractivity contribution in [2.75, 3.05) is 21.1 Å². The van der Waals surface area contributed by atoms with Crippen molar-refractivity contribution < 1.29 is 4.79 Å². The van der Waals surface area contributed by atoms with Crippen LogP contribution in [0.5, 0.6) is 0 Å². The molecule has 7 nitrogen and oxygen atoms in total. The van der Waals surface area contributed by atoms with Crippen LogP contribution in [0.15, 0.2) is 41.7 Å². The highest BCUT2D eigenvalue weighted by Gasteiger charge is 2.07. The minimum Gasteiger partial charge on any atom is -0.352 e. The summed E-state index contributed by atoms with van der Waals surface area (Å²) < 4.78 is 1.77. The zero-order valence-electron chi connectivity index (χ0n) is 14.6. The van der Waals surface area contributed by atoms with Crippen LogP contribution in [-0.2, 0) is 20.1 Å². The maximum atomic E-state index is 11.9. The Labute approximate surface area is 142 Å². The van der Waals surface area contributed by atoms with E-state index in [0.29, 0.717) is 24.6 Å². The summed E-state index contributed by atoms with van der Waals surface area (Å²) in [5.74, 6) is 0.718. The first-order valence-electron chi connectivity index (χ1n) is 7.72. The Bertz CT molecular complexity index is 702. The number of nitrogens with zero attached hydrogens (tertiary/aromatic N) is 4. The second-order valence-corrected chi connectivity index (χ2v) is 5.70. The number of hydrogen-bond acceptors (Lipinski definition) is 3. The van der Waals surface area contributed by atoms with E-state index >= 15 is 0 Å². The molecular weight excluding hydrogens is 304 g/mol. The Kier molecular flexibility index (Phi) is 5.95. The number of benzene rings is 1. The molecule has 0 atom stereocenters. The van der Waals surface area contributed by atoms with Gasteiger partial charge in [0.15, 0.2) is 5.96 Å². The van der Waals surface area contributed by atoms with Gasteiger partial charge in [0.25, 0.3) is 5.91 Å². The molecular formula is C17H24N6O. The number of carbonyl (C=O) groups excluding carboxylic acids is 1. The van der Waals surface area contributed by atoms with Gasteiger partial charge >= 0.3 is 0 Å². The highest BCUT2D eigenvalue weighted by atomic mass is 16.2. The van der Waals surface area contributed by atoms with Crippen molar-refractivity contribution in [1.29, 1.82) is 0 Å². The Morgan fingerprint density at radius 2 is 1.79 bits per heavy atom. The van der Waals surface area contributed by atoms with Gasteiger partial charge in [-0.05, 0) is 17.7 Å². The largest absolute Gasteiger partial charge is 0.352 e. The maximum absolute atomic E-state index is 11.9.